The Hall–Kier alpha value is -4.32. The number of ether oxygens (including phenoxy) is 2. The molecular weight excluding hydrogens is 396 g/mol. The molecule has 31 heavy (non-hydrogen) atoms. The summed E-state index contributed by atoms with van der Waals surface area (Å²) in [7, 11) is 0. The summed E-state index contributed by atoms with van der Waals surface area (Å²) in [6.07, 6.45) is 7.05. The lowest BCUT2D eigenvalue weighted by Crippen LogP contribution is -2.25. The minimum atomic E-state index is -0.693. The van der Waals surface area contributed by atoms with Gasteiger partial charge in [-0.25, -0.2) is 19.2 Å². The molecule has 0 saturated heterocycles. The van der Waals surface area contributed by atoms with Gasteiger partial charge in [0.05, 0.1) is 22.3 Å². The SMILES string of the molecule is C=C1C=CC2=C3CC(=CC=C3C(=O)OC2=O)c2ccc3c4c(ccc1c24)C(=O)OC3=O. The van der Waals surface area contributed by atoms with Crippen LogP contribution in [0.25, 0.3) is 21.9 Å². The van der Waals surface area contributed by atoms with Gasteiger partial charge >= 0.3 is 23.9 Å². The molecule has 6 heteroatoms. The first-order chi connectivity index (χ1) is 14.9. The number of rotatable bonds is 0. The fraction of sp³-hybridized carbons (Fsp3) is 0.0400. The maximum absolute atomic E-state index is 12.4. The van der Waals surface area contributed by atoms with Crippen LogP contribution in [0.4, 0.5) is 0 Å². The molecule has 6 nitrogen and oxygen atoms in total. The molecule has 2 aliphatic carbocycles. The summed E-state index contributed by atoms with van der Waals surface area (Å²) in [6.45, 7) is 4.13. The van der Waals surface area contributed by atoms with Gasteiger partial charge in [-0.1, -0.05) is 30.9 Å². The smallest absolute Gasteiger partial charge is 0.346 e. The van der Waals surface area contributed by atoms with Crippen LogP contribution in [0.2, 0.25) is 0 Å². The van der Waals surface area contributed by atoms with Gasteiger partial charge in [-0.3, -0.25) is 0 Å². The van der Waals surface area contributed by atoms with E-state index in [9.17, 15) is 19.2 Å². The minimum Gasteiger partial charge on any atom is -0.386 e. The first kappa shape index (κ1) is 17.5. The van der Waals surface area contributed by atoms with E-state index >= 15 is 0 Å². The molecule has 148 valence electrons. The van der Waals surface area contributed by atoms with Crippen LogP contribution in [-0.4, -0.2) is 23.9 Å². The highest BCUT2D eigenvalue weighted by atomic mass is 16.6. The second kappa shape index (κ2) is 5.86. The molecule has 0 saturated carbocycles. The van der Waals surface area contributed by atoms with Crippen LogP contribution in [0, 0.1) is 0 Å². The summed E-state index contributed by atoms with van der Waals surface area (Å²) in [5.74, 6) is -2.74. The number of carbonyl (C=O) groups is 4. The predicted octanol–water partition coefficient (Wildman–Crippen LogP) is 3.83. The molecule has 2 aromatic carbocycles. The number of esters is 4. The van der Waals surface area contributed by atoms with E-state index in [2.05, 4.69) is 6.58 Å². The van der Waals surface area contributed by atoms with Gasteiger partial charge < -0.3 is 9.47 Å². The van der Waals surface area contributed by atoms with Gasteiger partial charge in [0.2, 0.25) is 0 Å². The average Bonchev–Trinajstić information content (AvgIpc) is 2.75. The van der Waals surface area contributed by atoms with Crippen molar-refractivity contribution in [3.05, 3.63) is 94.1 Å². The number of carbonyl (C=O) groups excluding carboxylic acids is 4. The third kappa shape index (κ3) is 2.27. The number of fused-ring (bicyclic) bond motifs is 2. The average molecular weight is 408 g/mol. The highest BCUT2D eigenvalue weighted by Crippen LogP contribution is 2.43. The van der Waals surface area contributed by atoms with Gasteiger partial charge in [-0.2, -0.15) is 0 Å². The Bertz CT molecular complexity index is 1450. The van der Waals surface area contributed by atoms with Crippen molar-refractivity contribution in [2.45, 2.75) is 6.42 Å². The van der Waals surface area contributed by atoms with E-state index in [1.807, 2.05) is 0 Å². The summed E-state index contributed by atoms with van der Waals surface area (Å²) in [4.78, 5) is 49.4. The number of allylic oxidation sites excluding steroid dienone is 5. The Morgan fingerprint density at radius 1 is 0.677 bits per heavy atom. The van der Waals surface area contributed by atoms with Crippen molar-refractivity contribution >= 4 is 45.8 Å². The highest BCUT2D eigenvalue weighted by Gasteiger charge is 2.35. The third-order valence-electron chi connectivity index (χ3n) is 6.02. The molecule has 0 spiro atoms. The molecule has 0 N–H and O–H groups in total. The zero-order valence-corrected chi connectivity index (χ0v) is 16.0. The Kier molecular flexibility index (Phi) is 3.31. The summed E-state index contributed by atoms with van der Waals surface area (Å²) in [6, 6.07) is 6.82. The monoisotopic (exact) mass is 408 g/mol. The molecule has 2 heterocycles. The van der Waals surface area contributed by atoms with Crippen LogP contribution >= 0.6 is 0 Å². The van der Waals surface area contributed by atoms with Crippen LogP contribution in [0.5, 0.6) is 0 Å². The molecule has 2 bridgehead atoms. The van der Waals surface area contributed by atoms with Crippen LogP contribution < -0.4 is 0 Å². The molecule has 0 atom stereocenters. The Balaban J connectivity index is 1.75. The summed E-state index contributed by atoms with van der Waals surface area (Å²) >= 11 is 0. The van der Waals surface area contributed by atoms with Crippen molar-refractivity contribution in [3.8, 4) is 0 Å². The first-order valence-corrected chi connectivity index (χ1v) is 9.59. The van der Waals surface area contributed by atoms with Crippen LogP contribution in [0.15, 0.2) is 71.9 Å². The zero-order valence-electron chi connectivity index (χ0n) is 16.0. The Morgan fingerprint density at radius 2 is 1.29 bits per heavy atom. The van der Waals surface area contributed by atoms with E-state index in [1.54, 1.807) is 48.6 Å². The van der Waals surface area contributed by atoms with E-state index in [0.29, 0.717) is 50.6 Å². The molecule has 2 aliphatic heterocycles. The normalized spacial score (nSPS) is 19.2. The number of hydrogen-bond acceptors (Lipinski definition) is 6. The maximum Gasteiger partial charge on any atom is 0.346 e. The summed E-state index contributed by atoms with van der Waals surface area (Å²) in [5, 5.41) is 1.24. The van der Waals surface area contributed by atoms with Gasteiger partial charge in [0.25, 0.3) is 0 Å². The van der Waals surface area contributed by atoms with Gasteiger partial charge in [-0.05, 0) is 63.9 Å². The van der Waals surface area contributed by atoms with Crippen molar-refractivity contribution in [1.29, 1.82) is 0 Å². The van der Waals surface area contributed by atoms with Gasteiger partial charge in [0, 0.05) is 5.39 Å². The lowest BCUT2D eigenvalue weighted by Gasteiger charge is -2.26. The van der Waals surface area contributed by atoms with E-state index in [1.165, 1.54) is 0 Å². The fourth-order valence-electron chi connectivity index (χ4n) is 4.57. The quantitative estimate of drug-likeness (QED) is 0.486. The van der Waals surface area contributed by atoms with Crippen molar-refractivity contribution < 1.29 is 28.7 Å². The summed E-state index contributed by atoms with van der Waals surface area (Å²) in [5.41, 5.74) is 4.82. The van der Waals surface area contributed by atoms with E-state index < -0.39 is 23.9 Å². The predicted molar refractivity (Wildman–Crippen MR) is 111 cm³/mol. The molecule has 0 radical (unpaired) electrons. The molecule has 6 rings (SSSR count). The second-order valence-electron chi connectivity index (χ2n) is 7.63. The molecule has 0 amide bonds. The minimum absolute atomic E-state index is 0.311. The molecule has 4 aliphatic rings. The number of benzene rings is 2. The summed E-state index contributed by atoms with van der Waals surface area (Å²) < 4.78 is 9.77. The van der Waals surface area contributed by atoms with Gasteiger partial charge in [0.15, 0.2) is 0 Å². The lowest BCUT2D eigenvalue weighted by molar-refractivity contribution is -0.154. The second-order valence-corrected chi connectivity index (χ2v) is 7.63. The topological polar surface area (TPSA) is 86.7 Å². The number of hydrogen-bond donors (Lipinski definition) is 0. The highest BCUT2D eigenvalue weighted by molar-refractivity contribution is 6.24. The van der Waals surface area contributed by atoms with Crippen molar-refractivity contribution in [2.24, 2.45) is 0 Å². The van der Waals surface area contributed by atoms with E-state index in [0.717, 1.165) is 16.7 Å². The van der Waals surface area contributed by atoms with E-state index in [-0.39, 0.29) is 0 Å². The standard InChI is InChI=1S/C25H12O6/c1-11-2-4-15-19-10-12(3-5-16(19)23(27)30-22(15)26)14-7-9-18-21-17(24(28)31-25(18)29)8-6-13(11)20(14)21/h2-9H,1,10H2. The lowest BCUT2D eigenvalue weighted by atomic mass is 9.80. The van der Waals surface area contributed by atoms with Gasteiger partial charge in [-0.15, -0.1) is 0 Å². The van der Waals surface area contributed by atoms with Crippen LogP contribution in [0.1, 0.15) is 38.3 Å². The Morgan fingerprint density at radius 3 is 2.03 bits per heavy atom. The van der Waals surface area contributed by atoms with Crippen LogP contribution in [0.3, 0.4) is 0 Å². The first-order valence-electron chi connectivity index (χ1n) is 9.59. The van der Waals surface area contributed by atoms with Crippen molar-refractivity contribution in [3.63, 3.8) is 0 Å². The molecule has 2 aromatic rings. The van der Waals surface area contributed by atoms with Crippen molar-refractivity contribution in [2.75, 3.05) is 0 Å². The number of cyclic esters (lactones) is 4. The zero-order chi connectivity index (χ0) is 21.4. The van der Waals surface area contributed by atoms with Crippen molar-refractivity contribution in [1.82, 2.24) is 0 Å². The molecule has 0 fully saturated rings. The van der Waals surface area contributed by atoms with E-state index in [4.69, 9.17) is 9.47 Å². The maximum atomic E-state index is 12.4. The third-order valence-corrected chi connectivity index (χ3v) is 6.02. The molecule has 0 unspecified atom stereocenters. The molecule has 0 aromatic heterocycles. The van der Waals surface area contributed by atoms with Crippen LogP contribution in [-0.2, 0) is 19.1 Å². The van der Waals surface area contributed by atoms with Gasteiger partial charge in [0.1, 0.15) is 0 Å². The molecular formula is C25H12O6. The fourth-order valence-corrected chi connectivity index (χ4v) is 4.57. The Labute approximate surface area is 175 Å². The largest absolute Gasteiger partial charge is 0.386 e.